The van der Waals surface area contributed by atoms with Gasteiger partial charge >= 0.3 is 0 Å². The van der Waals surface area contributed by atoms with Gasteiger partial charge in [0.05, 0.1) is 19.8 Å². The summed E-state index contributed by atoms with van der Waals surface area (Å²) in [4.78, 5) is 0. The standard InChI is InChI=1S/C27H26O6/c1-31-23-12-15(5-9-21(23)29)25-22(30)13-20-18-7-4-14-11-16(28)6-8-17(14)24(18)27-19(26(20)33-25)3-2-10-32-27/h5-6,8-9,11-12,22,25,28-30H,2-4,7,10,13H2,1H3. The first kappa shape index (κ1) is 20.2. The van der Waals surface area contributed by atoms with E-state index < -0.39 is 12.2 Å². The molecule has 0 amide bonds. The molecule has 2 atom stereocenters. The van der Waals surface area contributed by atoms with Crippen LogP contribution in [0.1, 0.15) is 40.3 Å². The number of hydrogen-bond acceptors (Lipinski definition) is 6. The first-order valence-electron chi connectivity index (χ1n) is 11.4. The number of aliphatic hydroxyl groups excluding tert-OH is 1. The van der Waals surface area contributed by atoms with E-state index in [9.17, 15) is 15.3 Å². The van der Waals surface area contributed by atoms with E-state index in [2.05, 4.69) is 0 Å². The Bertz CT molecular complexity index is 1260. The van der Waals surface area contributed by atoms with Crippen molar-refractivity contribution < 1.29 is 29.5 Å². The van der Waals surface area contributed by atoms with Crippen LogP contribution in [0.15, 0.2) is 36.4 Å². The minimum atomic E-state index is -0.736. The van der Waals surface area contributed by atoms with Crippen LogP contribution < -0.4 is 14.2 Å². The van der Waals surface area contributed by atoms with Crippen LogP contribution in [0.3, 0.4) is 0 Å². The van der Waals surface area contributed by atoms with Gasteiger partial charge in [0, 0.05) is 23.1 Å². The maximum Gasteiger partial charge on any atom is 0.160 e. The third kappa shape index (κ3) is 3.12. The summed E-state index contributed by atoms with van der Waals surface area (Å²) in [5.74, 6) is 2.38. The molecule has 33 heavy (non-hydrogen) atoms. The van der Waals surface area contributed by atoms with Crippen molar-refractivity contribution in [1.82, 2.24) is 0 Å². The van der Waals surface area contributed by atoms with Gasteiger partial charge in [0.15, 0.2) is 11.5 Å². The molecule has 0 bridgehead atoms. The summed E-state index contributed by atoms with van der Waals surface area (Å²) >= 11 is 0. The molecule has 3 aliphatic rings. The van der Waals surface area contributed by atoms with E-state index in [4.69, 9.17) is 14.2 Å². The van der Waals surface area contributed by atoms with Gasteiger partial charge in [-0.05, 0) is 72.2 Å². The van der Waals surface area contributed by atoms with Crippen molar-refractivity contribution in [2.75, 3.05) is 13.7 Å². The first-order chi connectivity index (χ1) is 16.0. The summed E-state index contributed by atoms with van der Waals surface area (Å²) in [7, 11) is 1.50. The number of hydrogen-bond donors (Lipinski definition) is 3. The lowest BCUT2D eigenvalue weighted by molar-refractivity contribution is 0.0191. The summed E-state index contributed by atoms with van der Waals surface area (Å²) in [5.41, 5.74) is 7.34. The van der Waals surface area contributed by atoms with Gasteiger partial charge in [-0.25, -0.2) is 0 Å². The van der Waals surface area contributed by atoms with Gasteiger partial charge in [-0.2, -0.15) is 0 Å². The number of benzene rings is 3. The number of aliphatic hydroxyl groups is 1. The van der Waals surface area contributed by atoms with Crippen LogP contribution in [0, 0.1) is 0 Å². The minimum absolute atomic E-state index is 0.0523. The highest BCUT2D eigenvalue weighted by Crippen LogP contribution is 2.53. The van der Waals surface area contributed by atoms with Gasteiger partial charge in [-0.3, -0.25) is 0 Å². The Hall–Kier alpha value is -3.38. The number of fused-ring (bicyclic) bond motifs is 8. The van der Waals surface area contributed by atoms with Crippen LogP contribution in [0.2, 0.25) is 0 Å². The average Bonchev–Trinajstić information content (AvgIpc) is 2.83. The van der Waals surface area contributed by atoms with E-state index in [0.717, 1.165) is 70.6 Å². The Kier molecular flexibility index (Phi) is 4.66. The molecule has 6 nitrogen and oxygen atoms in total. The maximum absolute atomic E-state index is 11.1. The molecule has 0 spiro atoms. The molecule has 1 aliphatic carbocycles. The second kappa shape index (κ2) is 7.59. The molecule has 0 radical (unpaired) electrons. The highest BCUT2D eigenvalue weighted by molar-refractivity contribution is 5.84. The molecule has 6 rings (SSSR count). The summed E-state index contributed by atoms with van der Waals surface area (Å²) in [6, 6.07) is 10.6. The predicted molar refractivity (Wildman–Crippen MR) is 123 cm³/mol. The molecule has 3 aromatic rings. The highest BCUT2D eigenvalue weighted by Gasteiger charge is 2.38. The van der Waals surface area contributed by atoms with Crippen molar-refractivity contribution in [3.05, 3.63) is 64.2 Å². The smallest absolute Gasteiger partial charge is 0.160 e. The van der Waals surface area contributed by atoms with Crippen molar-refractivity contribution in [3.63, 3.8) is 0 Å². The second-order valence-electron chi connectivity index (χ2n) is 9.00. The number of phenolic OH excluding ortho intramolecular Hbond substituents is 2. The fraction of sp³-hybridized carbons (Fsp3) is 0.333. The number of aryl methyl sites for hydroxylation is 1. The van der Waals surface area contributed by atoms with Crippen LogP contribution in [-0.4, -0.2) is 35.1 Å². The number of methoxy groups -OCH3 is 1. The van der Waals surface area contributed by atoms with Gasteiger partial charge in [-0.15, -0.1) is 0 Å². The van der Waals surface area contributed by atoms with Crippen molar-refractivity contribution in [1.29, 1.82) is 0 Å². The summed E-state index contributed by atoms with van der Waals surface area (Å²) < 4.78 is 18.0. The number of aromatic hydroxyl groups is 2. The molecule has 3 N–H and O–H groups in total. The van der Waals surface area contributed by atoms with Gasteiger partial charge < -0.3 is 29.5 Å². The zero-order valence-electron chi connectivity index (χ0n) is 18.4. The predicted octanol–water partition coefficient (Wildman–Crippen LogP) is 4.23. The van der Waals surface area contributed by atoms with E-state index in [1.807, 2.05) is 12.1 Å². The van der Waals surface area contributed by atoms with Crippen LogP contribution in [0.25, 0.3) is 11.1 Å². The first-order valence-corrected chi connectivity index (χ1v) is 11.4. The van der Waals surface area contributed by atoms with E-state index in [-0.39, 0.29) is 11.5 Å². The lowest BCUT2D eigenvalue weighted by atomic mass is 9.77. The maximum atomic E-state index is 11.1. The topological polar surface area (TPSA) is 88.4 Å². The number of ether oxygens (including phenoxy) is 3. The highest BCUT2D eigenvalue weighted by atomic mass is 16.5. The van der Waals surface area contributed by atoms with Crippen LogP contribution in [0.5, 0.6) is 28.7 Å². The zero-order chi connectivity index (χ0) is 22.7. The zero-order valence-corrected chi connectivity index (χ0v) is 18.4. The molecular weight excluding hydrogens is 420 g/mol. The molecule has 0 saturated heterocycles. The third-order valence-electron chi connectivity index (χ3n) is 7.08. The Morgan fingerprint density at radius 1 is 0.939 bits per heavy atom. The van der Waals surface area contributed by atoms with E-state index in [0.29, 0.717) is 18.8 Å². The Morgan fingerprint density at radius 2 is 1.82 bits per heavy atom. The normalized spacial score (nSPS) is 20.4. The van der Waals surface area contributed by atoms with Gasteiger partial charge in [0.2, 0.25) is 0 Å². The van der Waals surface area contributed by atoms with Crippen molar-refractivity contribution in [2.45, 2.75) is 44.3 Å². The lowest BCUT2D eigenvalue weighted by Gasteiger charge is -2.38. The monoisotopic (exact) mass is 446 g/mol. The average molecular weight is 446 g/mol. The van der Waals surface area contributed by atoms with E-state index in [1.54, 1.807) is 24.3 Å². The van der Waals surface area contributed by atoms with Gasteiger partial charge in [-0.1, -0.05) is 12.1 Å². The largest absolute Gasteiger partial charge is 0.508 e. The fourth-order valence-corrected chi connectivity index (χ4v) is 5.56. The minimum Gasteiger partial charge on any atom is -0.508 e. The van der Waals surface area contributed by atoms with Gasteiger partial charge in [0.25, 0.3) is 0 Å². The van der Waals surface area contributed by atoms with Crippen LogP contribution >= 0.6 is 0 Å². The van der Waals surface area contributed by atoms with Crippen LogP contribution in [-0.2, 0) is 25.7 Å². The van der Waals surface area contributed by atoms with E-state index >= 15 is 0 Å². The Balaban J connectivity index is 1.51. The molecule has 2 aliphatic heterocycles. The van der Waals surface area contributed by atoms with Crippen molar-refractivity contribution in [2.24, 2.45) is 0 Å². The Labute approximate surface area is 192 Å². The third-order valence-corrected chi connectivity index (χ3v) is 7.08. The second-order valence-corrected chi connectivity index (χ2v) is 9.00. The molecule has 6 heteroatoms. The molecule has 3 aromatic carbocycles. The van der Waals surface area contributed by atoms with E-state index in [1.165, 1.54) is 12.7 Å². The van der Waals surface area contributed by atoms with Gasteiger partial charge in [0.1, 0.15) is 23.4 Å². The number of rotatable bonds is 2. The SMILES string of the molecule is COc1cc(C2Oc3c(c4c(c5c3CCCO5)-c3ccc(O)cc3CC4)CC2O)ccc1O. The molecule has 2 unspecified atom stereocenters. The Morgan fingerprint density at radius 3 is 2.67 bits per heavy atom. The number of phenols is 2. The lowest BCUT2D eigenvalue weighted by Crippen LogP contribution is -2.33. The summed E-state index contributed by atoms with van der Waals surface area (Å²) in [6.07, 6.45) is 2.55. The molecule has 0 fully saturated rings. The van der Waals surface area contributed by atoms with Crippen LogP contribution in [0.4, 0.5) is 0 Å². The molecule has 0 saturated carbocycles. The molecule has 2 heterocycles. The van der Waals surface area contributed by atoms with Crippen molar-refractivity contribution in [3.8, 4) is 39.9 Å². The quantitative estimate of drug-likeness (QED) is 0.546. The molecular formula is C27H26O6. The summed E-state index contributed by atoms with van der Waals surface area (Å²) in [5, 5.41) is 31.1. The fourth-order valence-electron chi connectivity index (χ4n) is 5.56. The summed E-state index contributed by atoms with van der Waals surface area (Å²) in [6.45, 7) is 0.660. The molecule has 170 valence electrons. The molecule has 0 aromatic heterocycles. The van der Waals surface area contributed by atoms with Crippen molar-refractivity contribution >= 4 is 0 Å².